The molecular weight excluding hydrogens is 281 g/mol. The first-order chi connectivity index (χ1) is 10.3. The van der Waals surface area contributed by atoms with E-state index >= 15 is 0 Å². The second-order valence-electron chi connectivity index (χ2n) is 4.56. The molecule has 0 unspecified atom stereocenters. The summed E-state index contributed by atoms with van der Waals surface area (Å²) in [6.45, 7) is 0. The van der Waals surface area contributed by atoms with Gasteiger partial charge in [-0.05, 0) is 36.4 Å². The number of nitrogens with zero attached hydrogens (tertiary/aromatic N) is 1. The molecule has 5 heteroatoms. The SMILES string of the molecule is OB(O)c1ccc(N(c2ccccc2)c2ccccc2)s1. The molecule has 2 N–H and O–H groups in total. The molecule has 1 aromatic heterocycles. The summed E-state index contributed by atoms with van der Waals surface area (Å²) in [5.74, 6) is 0. The number of thiophene rings is 1. The summed E-state index contributed by atoms with van der Waals surface area (Å²) in [7, 11) is -1.43. The van der Waals surface area contributed by atoms with Crippen molar-refractivity contribution in [3.63, 3.8) is 0 Å². The lowest BCUT2D eigenvalue weighted by atomic mass is 9.90. The molecule has 104 valence electrons. The van der Waals surface area contributed by atoms with Gasteiger partial charge in [0.1, 0.15) is 0 Å². The fourth-order valence-electron chi connectivity index (χ4n) is 2.16. The van der Waals surface area contributed by atoms with Crippen LogP contribution in [-0.2, 0) is 0 Å². The van der Waals surface area contributed by atoms with Crippen molar-refractivity contribution in [2.75, 3.05) is 4.90 Å². The molecule has 3 nitrogen and oxygen atoms in total. The Balaban J connectivity index is 2.08. The molecule has 0 amide bonds. The third kappa shape index (κ3) is 3.00. The summed E-state index contributed by atoms with van der Waals surface area (Å²) < 4.78 is 0.530. The van der Waals surface area contributed by atoms with Crippen LogP contribution >= 0.6 is 11.3 Å². The molecule has 0 aliphatic heterocycles. The quantitative estimate of drug-likeness (QED) is 0.727. The summed E-state index contributed by atoms with van der Waals surface area (Å²) in [6, 6.07) is 23.7. The Morgan fingerprint density at radius 1 is 0.714 bits per heavy atom. The molecule has 0 atom stereocenters. The Labute approximate surface area is 127 Å². The molecule has 0 saturated heterocycles. The number of rotatable bonds is 4. The van der Waals surface area contributed by atoms with E-state index in [2.05, 4.69) is 4.90 Å². The molecule has 2 aromatic carbocycles. The van der Waals surface area contributed by atoms with Crippen LogP contribution in [0.25, 0.3) is 0 Å². The van der Waals surface area contributed by atoms with Gasteiger partial charge in [-0.1, -0.05) is 36.4 Å². The van der Waals surface area contributed by atoms with Crippen LogP contribution in [-0.4, -0.2) is 17.2 Å². The maximum atomic E-state index is 9.31. The molecule has 0 aliphatic rings. The summed E-state index contributed by atoms with van der Waals surface area (Å²) in [5, 5.41) is 19.6. The molecule has 0 bridgehead atoms. The molecule has 0 fully saturated rings. The van der Waals surface area contributed by atoms with Gasteiger partial charge >= 0.3 is 7.12 Å². The topological polar surface area (TPSA) is 43.7 Å². The summed E-state index contributed by atoms with van der Waals surface area (Å²) in [6.07, 6.45) is 0. The Morgan fingerprint density at radius 2 is 1.24 bits per heavy atom. The number of anilines is 3. The maximum absolute atomic E-state index is 9.31. The zero-order valence-corrected chi connectivity index (χ0v) is 12.1. The van der Waals surface area contributed by atoms with Crippen molar-refractivity contribution in [1.82, 2.24) is 0 Å². The first-order valence-corrected chi connectivity index (χ1v) is 7.43. The molecule has 3 rings (SSSR count). The van der Waals surface area contributed by atoms with Crippen LogP contribution in [0.4, 0.5) is 16.4 Å². The Hall–Kier alpha value is -2.08. The van der Waals surface area contributed by atoms with E-state index in [1.54, 1.807) is 6.07 Å². The third-order valence-electron chi connectivity index (χ3n) is 3.12. The minimum atomic E-state index is -1.43. The maximum Gasteiger partial charge on any atom is 0.499 e. The van der Waals surface area contributed by atoms with E-state index in [0.717, 1.165) is 16.4 Å². The fourth-order valence-corrected chi connectivity index (χ4v) is 3.08. The van der Waals surface area contributed by atoms with E-state index < -0.39 is 7.12 Å². The molecule has 0 aliphatic carbocycles. The average Bonchev–Trinajstić information content (AvgIpc) is 3.00. The van der Waals surface area contributed by atoms with Crippen LogP contribution in [0.2, 0.25) is 0 Å². The van der Waals surface area contributed by atoms with Crippen LogP contribution in [0.15, 0.2) is 72.8 Å². The molecular formula is C16H14BNO2S. The van der Waals surface area contributed by atoms with Crippen molar-refractivity contribution >= 4 is 39.6 Å². The highest BCUT2D eigenvalue weighted by Gasteiger charge is 2.18. The van der Waals surface area contributed by atoms with Gasteiger partial charge in [0.2, 0.25) is 0 Å². The van der Waals surface area contributed by atoms with Crippen molar-refractivity contribution < 1.29 is 10.0 Å². The largest absolute Gasteiger partial charge is 0.499 e. The van der Waals surface area contributed by atoms with E-state index in [-0.39, 0.29) is 0 Å². The number of hydrogen-bond acceptors (Lipinski definition) is 4. The highest BCUT2D eigenvalue weighted by molar-refractivity contribution is 7.25. The molecule has 0 spiro atoms. The molecule has 3 aromatic rings. The van der Waals surface area contributed by atoms with Gasteiger partial charge in [-0.25, -0.2) is 0 Å². The van der Waals surface area contributed by atoms with Gasteiger partial charge in [-0.15, -0.1) is 11.3 Å². The second kappa shape index (κ2) is 6.14. The van der Waals surface area contributed by atoms with Crippen molar-refractivity contribution in [2.24, 2.45) is 0 Å². The van der Waals surface area contributed by atoms with Crippen molar-refractivity contribution in [1.29, 1.82) is 0 Å². The van der Waals surface area contributed by atoms with Crippen molar-refractivity contribution in [2.45, 2.75) is 0 Å². The lowest BCUT2D eigenvalue weighted by Crippen LogP contribution is -2.26. The molecule has 0 saturated carbocycles. The van der Waals surface area contributed by atoms with Crippen molar-refractivity contribution in [3.8, 4) is 0 Å². The van der Waals surface area contributed by atoms with E-state index in [9.17, 15) is 10.0 Å². The van der Waals surface area contributed by atoms with Crippen LogP contribution in [0, 0.1) is 0 Å². The van der Waals surface area contributed by atoms with Crippen molar-refractivity contribution in [3.05, 3.63) is 72.8 Å². The normalized spacial score (nSPS) is 10.4. The van der Waals surface area contributed by atoms with Gasteiger partial charge < -0.3 is 14.9 Å². The standard InChI is InChI=1S/C16H14BNO2S/c19-17(20)15-11-12-16(21-15)18(13-7-3-1-4-8-13)14-9-5-2-6-10-14/h1-12,19-20H. The first kappa shape index (κ1) is 13.9. The van der Waals surface area contributed by atoms with Crippen LogP contribution in [0.1, 0.15) is 0 Å². The van der Waals surface area contributed by atoms with Crippen LogP contribution in [0.3, 0.4) is 0 Å². The lowest BCUT2D eigenvalue weighted by Gasteiger charge is -2.23. The minimum Gasteiger partial charge on any atom is -0.423 e. The minimum absolute atomic E-state index is 0.530. The van der Waals surface area contributed by atoms with E-state index in [1.807, 2.05) is 66.7 Å². The van der Waals surface area contributed by atoms with Gasteiger partial charge in [0.25, 0.3) is 0 Å². The number of hydrogen-bond donors (Lipinski definition) is 2. The van der Waals surface area contributed by atoms with Crippen LogP contribution < -0.4 is 9.68 Å². The summed E-state index contributed by atoms with van der Waals surface area (Å²) >= 11 is 1.36. The molecule has 0 radical (unpaired) electrons. The zero-order valence-electron chi connectivity index (χ0n) is 11.3. The van der Waals surface area contributed by atoms with Crippen LogP contribution in [0.5, 0.6) is 0 Å². The Morgan fingerprint density at radius 3 is 1.67 bits per heavy atom. The summed E-state index contributed by atoms with van der Waals surface area (Å²) in [4.78, 5) is 2.09. The highest BCUT2D eigenvalue weighted by Crippen LogP contribution is 2.36. The fraction of sp³-hybridized carbons (Fsp3) is 0. The third-order valence-corrected chi connectivity index (χ3v) is 4.23. The Bertz CT molecular complexity index is 661. The van der Waals surface area contributed by atoms with Gasteiger partial charge in [-0.3, -0.25) is 0 Å². The Kier molecular flexibility index (Phi) is 4.06. The van der Waals surface area contributed by atoms with E-state index in [0.29, 0.717) is 4.78 Å². The van der Waals surface area contributed by atoms with Gasteiger partial charge in [0.05, 0.1) is 5.00 Å². The van der Waals surface area contributed by atoms with Gasteiger partial charge in [0.15, 0.2) is 0 Å². The highest BCUT2D eigenvalue weighted by atomic mass is 32.1. The summed E-state index contributed by atoms with van der Waals surface area (Å²) in [5.41, 5.74) is 2.06. The predicted molar refractivity (Wildman–Crippen MR) is 88.8 cm³/mol. The number of benzene rings is 2. The predicted octanol–water partition coefficient (Wildman–Crippen LogP) is 2.90. The monoisotopic (exact) mass is 295 g/mol. The smallest absolute Gasteiger partial charge is 0.423 e. The first-order valence-electron chi connectivity index (χ1n) is 6.62. The zero-order chi connectivity index (χ0) is 14.7. The molecule has 1 heterocycles. The van der Waals surface area contributed by atoms with E-state index in [4.69, 9.17) is 0 Å². The van der Waals surface area contributed by atoms with E-state index in [1.165, 1.54) is 11.3 Å². The lowest BCUT2D eigenvalue weighted by molar-refractivity contribution is 0.427. The number of para-hydroxylation sites is 2. The second-order valence-corrected chi connectivity index (χ2v) is 5.65. The average molecular weight is 295 g/mol. The van der Waals surface area contributed by atoms with Gasteiger partial charge in [-0.2, -0.15) is 0 Å². The van der Waals surface area contributed by atoms with Gasteiger partial charge in [0, 0.05) is 16.2 Å². The molecule has 21 heavy (non-hydrogen) atoms.